The predicted octanol–water partition coefficient (Wildman–Crippen LogP) is 3.51. The van der Waals surface area contributed by atoms with Gasteiger partial charge < -0.3 is 15.0 Å². The average molecular weight is 470 g/mol. The third kappa shape index (κ3) is 5.61. The van der Waals surface area contributed by atoms with Crippen molar-refractivity contribution in [2.24, 2.45) is 4.99 Å². The van der Waals surface area contributed by atoms with E-state index >= 15 is 0 Å². The number of fused-ring (bicyclic) bond motifs is 1. The molecular formula is C18H21ClIN5. The molecule has 0 aliphatic heterocycles. The van der Waals surface area contributed by atoms with Crippen molar-refractivity contribution in [2.45, 2.75) is 13.0 Å². The van der Waals surface area contributed by atoms with Crippen LogP contribution < -0.4 is 10.6 Å². The predicted molar refractivity (Wildman–Crippen MR) is 114 cm³/mol. The Bertz CT molecular complexity index is 796. The molecule has 0 aliphatic rings. The molecule has 2 N–H and O–H groups in total. The summed E-state index contributed by atoms with van der Waals surface area (Å²) in [6, 6.07) is 13.8. The first-order chi connectivity index (χ1) is 11.7. The topological polar surface area (TPSA) is 53.7 Å². The Balaban J connectivity index is 0.00000225. The zero-order chi connectivity index (χ0) is 16.8. The zero-order valence-electron chi connectivity index (χ0n) is 13.9. The highest BCUT2D eigenvalue weighted by Crippen LogP contribution is 2.09. The number of hydrogen-bond acceptors (Lipinski definition) is 2. The average Bonchev–Trinajstić information content (AvgIpc) is 3.02. The van der Waals surface area contributed by atoms with Gasteiger partial charge in [-0.15, -0.1) is 24.0 Å². The molecule has 0 spiro atoms. The molecule has 0 atom stereocenters. The van der Waals surface area contributed by atoms with E-state index in [9.17, 15) is 0 Å². The minimum atomic E-state index is 0. The van der Waals surface area contributed by atoms with Crippen molar-refractivity contribution in [2.75, 3.05) is 13.6 Å². The Morgan fingerprint density at radius 3 is 2.68 bits per heavy atom. The van der Waals surface area contributed by atoms with Crippen LogP contribution in [-0.2, 0) is 13.0 Å². The van der Waals surface area contributed by atoms with E-state index in [2.05, 4.69) is 26.8 Å². The minimum Gasteiger partial charge on any atom is -0.356 e. The number of rotatable bonds is 5. The molecule has 0 bridgehead atoms. The van der Waals surface area contributed by atoms with Gasteiger partial charge in [-0.3, -0.25) is 4.99 Å². The van der Waals surface area contributed by atoms with Crippen molar-refractivity contribution in [1.29, 1.82) is 0 Å². The van der Waals surface area contributed by atoms with Crippen molar-refractivity contribution in [1.82, 2.24) is 20.0 Å². The molecule has 3 aromatic rings. The van der Waals surface area contributed by atoms with Gasteiger partial charge in [-0.2, -0.15) is 0 Å². The Kier molecular flexibility index (Phi) is 7.52. The smallest absolute Gasteiger partial charge is 0.191 e. The number of benzene rings is 1. The van der Waals surface area contributed by atoms with Gasteiger partial charge in [0, 0.05) is 44.0 Å². The molecule has 2 heterocycles. The van der Waals surface area contributed by atoms with Crippen LogP contribution in [0.4, 0.5) is 0 Å². The lowest BCUT2D eigenvalue weighted by Gasteiger charge is -2.11. The number of aliphatic imine (C=N–C) groups is 1. The molecule has 0 unspecified atom stereocenters. The van der Waals surface area contributed by atoms with E-state index in [0.717, 1.165) is 40.9 Å². The van der Waals surface area contributed by atoms with Crippen LogP contribution in [0.3, 0.4) is 0 Å². The van der Waals surface area contributed by atoms with Crippen LogP contribution in [0.15, 0.2) is 59.9 Å². The van der Waals surface area contributed by atoms with Crippen molar-refractivity contribution >= 4 is 47.2 Å². The van der Waals surface area contributed by atoms with Gasteiger partial charge in [-0.25, -0.2) is 4.98 Å². The lowest BCUT2D eigenvalue weighted by Crippen LogP contribution is -2.37. The molecule has 0 aliphatic carbocycles. The van der Waals surface area contributed by atoms with Crippen molar-refractivity contribution < 1.29 is 0 Å². The molecule has 1 aromatic carbocycles. The molecular weight excluding hydrogens is 449 g/mol. The van der Waals surface area contributed by atoms with Gasteiger partial charge >= 0.3 is 0 Å². The third-order valence-corrected chi connectivity index (χ3v) is 3.94. The maximum absolute atomic E-state index is 5.89. The van der Waals surface area contributed by atoms with Crippen molar-refractivity contribution in [3.8, 4) is 0 Å². The maximum atomic E-state index is 5.89. The van der Waals surface area contributed by atoms with Gasteiger partial charge in [0.05, 0.1) is 5.69 Å². The van der Waals surface area contributed by atoms with Crippen LogP contribution in [0.1, 0.15) is 11.3 Å². The minimum absolute atomic E-state index is 0. The monoisotopic (exact) mass is 469 g/mol. The summed E-state index contributed by atoms with van der Waals surface area (Å²) in [6.45, 7) is 1.47. The van der Waals surface area contributed by atoms with Crippen LogP contribution in [-0.4, -0.2) is 28.9 Å². The summed E-state index contributed by atoms with van der Waals surface area (Å²) in [5.41, 5.74) is 3.18. The highest BCUT2D eigenvalue weighted by atomic mass is 127. The van der Waals surface area contributed by atoms with Crippen molar-refractivity contribution in [3.63, 3.8) is 0 Å². The van der Waals surface area contributed by atoms with E-state index in [1.165, 1.54) is 0 Å². The first-order valence-electron chi connectivity index (χ1n) is 7.86. The zero-order valence-corrected chi connectivity index (χ0v) is 17.0. The molecule has 0 saturated carbocycles. The van der Waals surface area contributed by atoms with Crippen molar-refractivity contribution in [3.05, 3.63) is 71.1 Å². The summed E-state index contributed by atoms with van der Waals surface area (Å²) < 4.78 is 2.03. The van der Waals surface area contributed by atoms with Gasteiger partial charge in [0.25, 0.3) is 0 Å². The first kappa shape index (κ1) is 19.5. The lowest BCUT2D eigenvalue weighted by molar-refractivity contribution is 0.787. The van der Waals surface area contributed by atoms with E-state index in [1.54, 1.807) is 7.05 Å². The summed E-state index contributed by atoms with van der Waals surface area (Å²) in [4.78, 5) is 8.82. The fraction of sp³-hybridized carbons (Fsp3) is 0.222. The normalized spacial score (nSPS) is 11.2. The van der Waals surface area contributed by atoms with E-state index in [4.69, 9.17) is 11.6 Å². The largest absolute Gasteiger partial charge is 0.356 e. The molecule has 2 aromatic heterocycles. The number of nitrogens with one attached hydrogen (secondary N) is 2. The highest BCUT2D eigenvalue weighted by Gasteiger charge is 2.02. The number of pyridine rings is 1. The van der Waals surface area contributed by atoms with Crippen LogP contribution in [0.5, 0.6) is 0 Å². The summed E-state index contributed by atoms with van der Waals surface area (Å²) in [7, 11) is 1.77. The second-order valence-electron chi connectivity index (χ2n) is 5.43. The van der Waals surface area contributed by atoms with Crippen LogP contribution in [0.2, 0.25) is 5.02 Å². The van der Waals surface area contributed by atoms with E-state index in [1.807, 2.05) is 53.1 Å². The number of guanidine groups is 1. The second-order valence-corrected chi connectivity index (χ2v) is 5.86. The Labute approximate surface area is 169 Å². The first-order valence-corrected chi connectivity index (χ1v) is 8.24. The molecule has 25 heavy (non-hydrogen) atoms. The van der Waals surface area contributed by atoms with E-state index in [0.29, 0.717) is 6.54 Å². The SMILES string of the molecule is CN=C(NCCc1cn2ccccc2n1)NCc1ccc(Cl)cc1.I. The lowest BCUT2D eigenvalue weighted by atomic mass is 10.2. The molecule has 0 radical (unpaired) electrons. The van der Waals surface area contributed by atoms with Crippen LogP contribution in [0, 0.1) is 0 Å². The quantitative estimate of drug-likeness (QED) is 0.342. The Morgan fingerprint density at radius 1 is 1.16 bits per heavy atom. The molecule has 7 heteroatoms. The summed E-state index contributed by atoms with van der Waals surface area (Å²) >= 11 is 5.89. The van der Waals surface area contributed by atoms with Gasteiger partial charge in [-0.05, 0) is 29.8 Å². The Morgan fingerprint density at radius 2 is 1.96 bits per heavy atom. The van der Waals surface area contributed by atoms with Crippen LogP contribution >= 0.6 is 35.6 Å². The molecule has 132 valence electrons. The molecule has 0 fully saturated rings. The maximum Gasteiger partial charge on any atom is 0.191 e. The fourth-order valence-corrected chi connectivity index (χ4v) is 2.55. The molecule has 3 rings (SSSR count). The standard InChI is InChI=1S/C18H20ClN5.HI/c1-20-18(22-12-14-5-7-15(19)8-6-14)21-10-9-16-13-24-11-3-2-4-17(24)23-16;/h2-8,11,13H,9-10,12H2,1H3,(H2,20,21,22);1H. The second kappa shape index (κ2) is 9.62. The fourth-order valence-electron chi connectivity index (χ4n) is 2.43. The Hall–Kier alpha value is -1.80. The highest BCUT2D eigenvalue weighted by molar-refractivity contribution is 14.0. The third-order valence-electron chi connectivity index (χ3n) is 3.68. The number of halogens is 2. The number of hydrogen-bond donors (Lipinski definition) is 2. The molecule has 5 nitrogen and oxygen atoms in total. The van der Waals surface area contributed by atoms with Gasteiger partial charge in [0.1, 0.15) is 5.65 Å². The van der Waals surface area contributed by atoms with E-state index in [-0.39, 0.29) is 24.0 Å². The number of nitrogens with zero attached hydrogens (tertiary/aromatic N) is 3. The summed E-state index contributed by atoms with van der Waals surface area (Å²) in [5, 5.41) is 7.34. The summed E-state index contributed by atoms with van der Waals surface area (Å²) in [6.07, 6.45) is 4.90. The number of imidazole rings is 1. The van der Waals surface area contributed by atoms with Gasteiger partial charge in [-0.1, -0.05) is 29.8 Å². The molecule has 0 saturated heterocycles. The van der Waals surface area contributed by atoms with Crippen LogP contribution in [0.25, 0.3) is 5.65 Å². The van der Waals surface area contributed by atoms with E-state index < -0.39 is 0 Å². The number of aromatic nitrogens is 2. The van der Waals surface area contributed by atoms with Gasteiger partial charge in [0.15, 0.2) is 5.96 Å². The summed E-state index contributed by atoms with van der Waals surface area (Å²) in [5.74, 6) is 0.772. The van der Waals surface area contributed by atoms with Gasteiger partial charge in [0.2, 0.25) is 0 Å². The molecule has 0 amide bonds.